The average Bonchev–Trinajstić information content (AvgIpc) is 3.08. The van der Waals surface area contributed by atoms with Crippen molar-refractivity contribution in [3.63, 3.8) is 0 Å². The quantitative estimate of drug-likeness (QED) is 0.564. The Morgan fingerprint density at radius 1 is 1.06 bits per heavy atom. The van der Waals surface area contributed by atoms with E-state index in [0.717, 1.165) is 24.2 Å². The van der Waals surface area contributed by atoms with Crippen LogP contribution in [0, 0.1) is 11.2 Å². The number of benzene rings is 2. The Labute approximate surface area is 211 Å². The first-order valence-corrected chi connectivity index (χ1v) is 12.3. The molecule has 7 nitrogen and oxygen atoms in total. The number of carbonyl (C=O) groups excluding carboxylic acids is 2. The van der Waals surface area contributed by atoms with Crippen LogP contribution in [0.5, 0.6) is 0 Å². The highest BCUT2D eigenvalue weighted by Gasteiger charge is 2.34. The van der Waals surface area contributed by atoms with Gasteiger partial charge in [0.1, 0.15) is 17.7 Å². The molecule has 1 unspecified atom stereocenters. The summed E-state index contributed by atoms with van der Waals surface area (Å²) in [4.78, 5) is 32.9. The second-order valence-electron chi connectivity index (χ2n) is 10.4. The predicted molar refractivity (Wildman–Crippen MR) is 139 cm³/mol. The molecule has 0 spiro atoms. The van der Waals surface area contributed by atoms with E-state index in [-0.39, 0.29) is 17.4 Å². The molecule has 3 aromatic rings. The smallest absolute Gasteiger partial charge is 0.272 e. The van der Waals surface area contributed by atoms with E-state index in [1.54, 1.807) is 13.1 Å². The number of nitrogens with zero attached hydrogens (tertiary/aromatic N) is 3. The number of imidazole rings is 1. The van der Waals surface area contributed by atoms with Crippen LogP contribution in [0.3, 0.4) is 0 Å². The van der Waals surface area contributed by atoms with Crippen LogP contribution in [0.2, 0.25) is 0 Å². The summed E-state index contributed by atoms with van der Waals surface area (Å²) in [7, 11) is 3.55. The summed E-state index contributed by atoms with van der Waals surface area (Å²) in [5, 5.41) is 5.53. The van der Waals surface area contributed by atoms with E-state index in [4.69, 9.17) is 4.98 Å². The minimum absolute atomic E-state index is 0.267. The van der Waals surface area contributed by atoms with Gasteiger partial charge in [-0.2, -0.15) is 0 Å². The molecule has 1 aliphatic rings. The number of carbonyl (C=O) groups is 2. The van der Waals surface area contributed by atoms with E-state index in [1.807, 2.05) is 68.8 Å². The molecule has 0 fully saturated rings. The maximum atomic E-state index is 15.2. The van der Waals surface area contributed by atoms with Gasteiger partial charge in [0, 0.05) is 31.3 Å². The van der Waals surface area contributed by atoms with Crippen molar-refractivity contribution >= 4 is 11.8 Å². The molecular weight excluding hydrogens is 457 g/mol. The highest BCUT2D eigenvalue weighted by molar-refractivity contribution is 5.98. The molecule has 2 amide bonds. The van der Waals surface area contributed by atoms with Gasteiger partial charge in [0.25, 0.3) is 5.91 Å². The first-order chi connectivity index (χ1) is 17.1. The van der Waals surface area contributed by atoms with Gasteiger partial charge in [-0.1, -0.05) is 63.2 Å². The molecule has 4 rings (SSSR count). The number of hydrogen-bond acceptors (Lipinski definition) is 4. The SMILES string of the molecule is CNC(=O)C(NC(=O)c1nc(-c2ccc(-c3ccccc3)c(F)c2)n2c1CN(C)CCC2)C(C)(C)C. The third-order valence-corrected chi connectivity index (χ3v) is 6.59. The van der Waals surface area contributed by atoms with Gasteiger partial charge in [0.15, 0.2) is 5.69 Å². The van der Waals surface area contributed by atoms with E-state index in [0.29, 0.717) is 30.0 Å². The van der Waals surface area contributed by atoms with Gasteiger partial charge in [-0.25, -0.2) is 9.37 Å². The van der Waals surface area contributed by atoms with Crippen molar-refractivity contribution < 1.29 is 14.0 Å². The Kier molecular flexibility index (Phi) is 7.26. The Bertz CT molecular complexity index is 1260. The van der Waals surface area contributed by atoms with Crippen molar-refractivity contribution in [1.82, 2.24) is 25.1 Å². The molecule has 36 heavy (non-hydrogen) atoms. The first kappa shape index (κ1) is 25.6. The van der Waals surface area contributed by atoms with Gasteiger partial charge in [-0.15, -0.1) is 0 Å². The van der Waals surface area contributed by atoms with Crippen LogP contribution < -0.4 is 10.6 Å². The van der Waals surface area contributed by atoms with E-state index >= 15 is 4.39 Å². The Balaban J connectivity index is 1.76. The van der Waals surface area contributed by atoms with Crippen LogP contribution in [-0.2, 0) is 17.9 Å². The van der Waals surface area contributed by atoms with Crippen molar-refractivity contribution in [2.45, 2.75) is 46.3 Å². The Hall–Kier alpha value is -3.52. The zero-order valence-electron chi connectivity index (χ0n) is 21.6. The van der Waals surface area contributed by atoms with Crippen LogP contribution in [0.15, 0.2) is 48.5 Å². The molecular formula is C28H34FN5O2. The van der Waals surface area contributed by atoms with Gasteiger partial charge >= 0.3 is 0 Å². The lowest BCUT2D eigenvalue weighted by Crippen LogP contribution is -2.53. The van der Waals surface area contributed by atoms with Gasteiger partial charge in [-0.05, 0) is 37.1 Å². The van der Waals surface area contributed by atoms with Crippen LogP contribution in [-0.4, -0.2) is 52.9 Å². The fourth-order valence-electron chi connectivity index (χ4n) is 4.65. The lowest BCUT2D eigenvalue weighted by molar-refractivity contribution is -0.124. The molecule has 2 aromatic carbocycles. The number of hydrogen-bond donors (Lipinski definition) is 2. The minimum atomic E-state index is -0.734. The summed E-state index contributed by atoms with van der Waals surface area (Å²) in [5.41, 5.74) is 2.45. The highest BCUT2D eigenvalue weighted by Crippen LogP contribution is 2.31. The molecule has 1 aromatic heterocycles. The van der Waals surface area contributed by atoms with Crippen molar-refractivity contribution in [1.29, 1.82) is 0 Å². The number of rotatable bonds is 5. The number of likely N-dealkylation sites (N-methyl/N-ethyl adjacent to an activating group) is 1. The molecule has 2 N–H and O–H groups in total. The summed E-state index contributed by atoms with van der Waals surface area (Å²) < 4.78 is 17.2. The third-order valence-electron chi connectivity index (χ3n) is 6.59. The third kappa shape index (κ3) is 5.18. The van der Waals surface area contributed by atoms with Gasteiger partial charge < -0.3 is 20.1 Å². The monoisotopic (exact) mass is 491 g/mol. The lowest BCUT2D eigenvalue weighted by atomic mass is 9.86. The number of amides is 2. The van der Waals surface area contributed by atoms with Crippen molar-refractivity contribution in [2.24, 2.45) is 5.41 Å². The van der Waals surface area contributed by atoms with E-state index < -0.39 is 17.4 Å². The molecule has 0 bridgehead atoms. The van der Waals surface area contributed by atoms with Gasteiger partial charge in [0.2, 0.25) is 5.91 Å². The number of aromatic nitrogens is 2. The maximum Gasteiger partial charge on any atom is 0.272 e. The van der Waals surface area contributed by atoms with Crippen molar-refractivity contribution in [2.75, 3.05) is 20.6 Å². The second kappa shape index (κ2) is 10.2. The zero-order valence-corrected chi connectivity index (χ0v) is 21.6. The number of fused-ring (bicyclic) bond motifs is 1. The largest absolute Gasteiger partial charge is 0.357 e. The number of halogens is 1. The second-order valence-corrected chi connectivity index (χ2v) is 10.4. The van der Waals surface area contributed by atoms with Gasteiger partial charge in [0.05, 0.1) is 5.69 Å². The molecule has 0 aliphatic carbocycles. The van der Waals surface area contributed by atoms with Crippen LogP contribution in [0.4, 0.5) is 4.39 Å². The van der Waals surface area contributed by atoms with Crippen LogP contribution in [0.1, 0.15) is 43.4 Å². The number of nitrogens with one attached hydrogen (secondary N) is 2. The van der Waals surface area contributed by atoms with Crippen LogP contribution in [0.25, 0.3) is 22.5 Å². The summed E-state index contributed by atoms with van der Waals surface area (Å²) in [5.74, 6) is -0.473. The topological polar surface area (TPSA) is 79.3 Å². The molecule has 2 heterocycles. The molecule has 190 valence electrons. The van der Waals surface area contributed by atoms with Crippen molar-refractivity contribution in [3.8, 4) is 22.5 Å². The molecule has 1 atom stereocenters. The fourth-order valence-corrected chi connectivity index (χ4v) is 4.65. The van der Waals surface area contributed by atoms with Crippen LogP contribution >= 0.6 is 0 Å². The highest BCUT2D eigenvalue weighted by atomic mass is 19.1. The van der Waals surface area contributed by atoms with E-state index in [2.05, 4.69) is 15.5 Å². The maximum absolute atomic E-state index is 15.2. The first-order valence-electron chi connectivity index (χ1n) is 12.3. The predicted octanol–water partition coefficient (Wildman–Crippen LogP) is 4.08. The molecule has 1 aliphatic heterocycles. The summed E-state index contributed by atoms with van der Waals surface area (Å²) in [6.45, 7) is 7.76. The standard InChI is InChI=1S/C28H34FN5O2/c1-28(2,3)24(27(36)30-4)32-26(35)23-22-17-33(5)14-9-15-34(22)25(31-23)19-12-13-20(21(29)16-19)18-10-7-6-8-11-18/h6-8,10-13,16,24H,9,14-15,17H2,1-5H3,(H,30,36)(H,32,35). The Morgan fingerprint density at radius 3 is 2.42 bits per heavy atom. The average molecular weight is 492 g/mol. The Morgan fingerprint density at radius 2 is 1.78 bits per heavy atom. The minimum Gasteiger partial charge on any atom is -0.357 e. The molecule has 0 saturated carbocycles. The molecule has 0 saturated heterocycles. The molecule has 8 heteroatoms. The van der Waals surface area contributed by atoms with E-state index in [1.165, 1.54) is 6.07 Å². The fraction of sp³-hybridized carbons (Fsp3) is 0.393. The normalized spacial score (nSPS) is 15.1. The summed E-state index contributed by atoms with van der Waals surface area (Å²) in [6.07, 6.45) is 0.876. The zero-order chi connectivity index (χ0) is 26.0. The van der Waals surface area contributed by atoms with Gasteiger partial charge in [-0.3, -0.25) is 9.59 Å². The molecule has 0 radical (unpaired) electrons. The summed E-state index contributed by atoms with van der Waals surface area (Å²) >= 11 is 0. The van der Waals surface area contributed by atoms with E-state index in [9.17, 15) is 9.59 Å². The summed E-state index contributed by atoms with van der Waals surface area (Å²) in [6, 6.07) is 13.7. The lowest BCUT2D eigenvalue weighted by Gasteiger charge is -2.29. The van der Waals surface area contributed by atoms with Crippen molar-refractivity contribution in [3.05, 3.63) is 65.7 Å².